The van der Waals surface area contributed by atoms with Crippen LogP contribution in [0.5, 0.6) is 11.6 Å². The summed E-state index contributed by atoms with van der Waals surface area (Å²) in [6, 6.07) is 3.03. The van der Waals surface area contributed by atoms with E-state index in [2.05, 4.69) is 27.3 Å². The van der Waals surface area contributed by atoms with E-state index in [1.807, 2.05) is 19.1 Å². The van der Waals surface area contributed by atoms with Crippen molar-refractivity contribution in [2.75, 3.05) is 13.7 Å². The molecular formula is C38H50ClN5O9S. The normalized spacial score (nSPS) is 29.8. The summed E-state index contributed by atoms with van der Waals surface area (Å²) in [6.07, 6.45) is 6.92. The molecule has 4 aliphatic rings. The number of alkyl carbamates (subject to hydrolysis) is 1. The number of ether oxygens (including phenoxy) is 3. The number of sulfonamides is 1. The molecule has 3 fully saturated rings. The molecule has 54 heavy (non-hydrogen) atoms. The van der Waals surface area contributed by atoms with Gasteiger partial charge >= 0.3 is 6.09 Å². The Morgan fingerprint density at radius 3 is 2.54 bits per heavy atom. The van der Waals surface area contributed by atoms with Gasteiger partial charge in [0.25, 0.3) is 5.91 Å². The smallest absolute Gasteiger partial charge is 0.408 e. The number of carbonyl (C=O) groups is 4. The molecule has 14 nitrogen and oxygen atoms in total. The fourth-order valence-corrected chi connectivity index (χ4v) is 9.17. The van der Waals surface area contributed by atoms with Crippen LogP contribution in [-0.2, 0) is 29.1 Å². The summed E-state index contributed by atoms with van der Waals surface area (Å²) < 4.78 is 45.4. The lowest BCUT2D eigenvalue weighted by atomic mass is 9.88. The molecule has 0 radical (unpaired) electrons. The molecule has 2 aliphatic carbocycles. The van der Waals surface area contributed by atoms with E-state index >= 15 is 0 Å². The summed E-state index contributed by atoms with van der Waals surface area (Å²) in [7, 11) is -2.40. The van der Waals surface area contributed by atoms with Crippen LogP contribution < -0.4 is 24.8 Å². The summed E-state index contributed by atoms with van der Waals surface area (Å²) in [5.74, 6) is -1.97. The molecule has 2 aliphatic heterocycles. The second-order valence-corrected chi connectivity index (χ2v) is 18.5. The van der Waals surface area contributed by atoms with Crippen molar-refractivity contribution in [2.45, 2.75) is 114 Å². The number of rotatable bonds is 7. The van der Waals surface area contributed by atoms with Gasteiger partial charge in [-0.3, -0.25) is 19.1 Å². The molecular weight excluding hydrogens is 738 g/mol. The highest BCUT2D eigenvalue weighted by Crippen LogP contribution is 2.46. The molecule has 3 N–H and O–H groups in total. The Balaban J connectivity index is 1.36. The number of allylic oxidation sites excluding steroid dienone is 1. The van der Waals surface area contributed by atoms with Crippen LogP contribution in [0.2, 0.25) is 5.02 Å². The van der Waals surface area contributed by atoms with Crippen molar-refractivity contribution >= 4 is 56.2 Å². The van der Waals surface area contributed by atoms with E-state index in [9.17, 15) is 27.6 Å². The number of hydrogen-bond acceptors (Lipinski definition) is 10. The van der Waals surface area contributed by atoms with Crippen LogP contribution in [-0.4, -0.2) is 90.3 Å². The summed E-state index contributed by atoms with van der Waals surface area (Å²) in [5, 5.41) is 6.60. The van der Waals surface area contributed by atoms with E-state index in [1.165, 1.54) is 18.2 Å². The van der Waals surface area contributed by atoms with Gasteiger partial charge < -0.3 is 29.7 Å². The van der Waals surface area contributed by atoms with Crippen LogP contribution in [0.25, 0.3) is 10.8 Å². The summed E-state index contributed by atoms with van der Waals surface area (Å²) in [4.78, 5) is 62.0. The standard InChI is InChI=1S/C38H50ClN5O9S/c1-21-10-7-8-11-23-18-38(23,35(47)43-54(49,50)25-14-15-25)42-32(45)28-17-24(52-33-26-12-9-13-27(39)30(26)29(51-6)19-40-33)20-44(28)34(46)31(22(2)16-21)41-36(48)53-37(3,4)5/h8-9,11-13,19,21-25,28,31H,7,10,14-18,20H2,1-6H3,(H,41,48)(H,42,45)(H,43,47)/b11-8-/t21?,22-,23-,24-,28+,31+,38-/m1/s1. The first-order valence-corrected chi connectivity index (χ1v) is 20.5. The number of nitrogens with zero attached hydrogens (tertiary/aromatic N) is 2. The first-order chi connectivity index (χ1) is 25.4. The fourth-order valence-electron chi connectivity index (χ4n) is 7.54. The SMILES string of the molecule is COc1cnc(O[C@@H]2C[C@H]3C(=O)N[C@]4(C(=O)NS(=O)(=O)C5CC5)C[C@H]4/C=C\CCC(C)C[C@@H](C)[C@H](NC(=O)OC(C)(C)C)C(=O)N3C2)c2cccc(Cl)c12. The Kier molecular flexibility index (Phi) is 11.1. The average Bonchev–Trinajstić information content (AvgIpc) is 4.01. The van der Waals surface area contributed by atoms with Gasteiger partial charge in [0.05, 0.1) is 30.1 Å². The predicted octanol–water partition coefficient (Wildman–Crippen LogP) is 4.63. The van der Waals surface area contributed by atoms with Crippen LogP contribution in [0.1, 0.15) is 79.6 Å². The van der Waals surface area contributed by atoms with Crippen LogP contribution in [0.4, 0.5) is 4.79 Å². The number of halogens is 1. The maximum absolute atomic E-state index is 14.7. The molecule has 16 heteroatoms. The molecule has 1 aromatic heterocycles. The van der Waals surface area contributed by atoms with Gasteiger partial charge in [0.15, 0.2) is 0 Å². The average molecular weight is 788 g/mol. The van der Waals surface area contributed by atoms with Gasteiger partial charge in [-0.2, -0.15) is 0 Å². The van der Waals surface area contributed by atoms with Crippen LogP contribution in [0.3, 0.4) is 0 Å². The molecule has 6 rings (SSSR count). The summed E-state index contributed by atoms with van der Waals surface area (Å²) in [5.41, 5.74) is -2.36. The van der Waals surface area contributed by atoms with Crippen LogP contribution in [0, 0.1) is 17.8 Å². The van der Waals surface area contributed by atoms with Gasteiger partial charge in [-0.05, 0) is 83.3 Å². The molecule has 1 saturated heterocycles. The number of benzene rings is 1. The zero-order valence-electron chi connectivity index (χ0n) is 31.5. The third-order valence-corrected chi connectivity index (χ3v) is 12.7. The van der Waals surface area contributed by atoms with Gasteiger partial charge in [-0.1, -0.05) is 43.7 Å². The van der Waals surface area contributed by atoms with Crippen LogP contribution in [0.15, 0.2) is 36.5 Å². The number of nitrogens with one attached hydrogen (secondary N) is 3. The molecule has 0 bridgehead atoms. The number of fused-ring (bicyclic) bond motifs is 3. The second kappa shape index (κ2) is 15.2. The molecule has 3 heterocycles. The number of aromatic nitrogens is 1. The Morgan fingerprint density at radius 1 is 1.11 bits per heavy atom. The number of pyridine rings is 1. The van der Waals surface area contributed by atoms with Crippen molar-refractivity contribution < 1.29 is 41.8 Å². The quantitative estimate of drug-likeness (QED) is 0.335. The lowest BCUT2D eigenvalue weighted by Crippen LogP contribution is -2.59. The van der Waals surface area contributed by atoms with Gasteiger partial charge in [0.2, 0.25) is 27.7 Å². The number of carbonyl (C=O) groups excluding carboxylic acids is 4. The van der Waals surface area contributed by atoms with E-state index in [-0.39, 0.29) is 37.1 Å². The first-order valence-electron chi connectivity index (χ1n) is 18.5. The van der Waals surface area contributed by atoms with Crippen molar-refractivity contribution in [3.05, 3.63) is 41.6 Å². The zero-order valence-corrected chi connectivity index (χ0v) is 33.1. The van der Waals surface area contributed by atoms with E-state index in [0.29, 0.717) is 47.2 Å². The first kappa shape index (κ1) is 39.6. The van der Waals surface area contributed by atoms with Gasteiger partial charge in [0.1, 0.15) is 35.1 Å². The third-order valence-electron chi connectivity index (χ3n) is 10.6. The van der Waals surface area contributed by atoms with E-state index in [4.69, 9.17) is 25.8 Å². The Morgan fingerprint density at radius 2 is 1.85 bits per heavy atom. The monoisotopic (exact) mass is 787 g/mol. The van der Waals surface area contributed by atoms with Crippen molar-refractivity contribution in [1.29, 1.82) is 0 Å². The topological polar surface area (TPSA) is 182 Å². The number of methoxy groups -OCH3 is 1. The van der Waals surface area contributed by atoms with Crippen molar-refractivity contribution in [2.24, 2.45) is 17.8 Å². The molecule has 2 aromatic rings. The molecule has 7 atom stereocenters. The van der Waals surface area contributed by atoms with E-state index in [0.717, 1.165) is 6.42 Å². The molecule has 294 valence electrons. The lowest BCUT2D eigenvalue weighted by molar-refractivity contribution is -0.142. The van der Waals surface area contributed by atoms with E-state index < -0.39 is 74.3 Å². The minimum Gasteiger partial charge on any atom is -0.494 e. The highest BCUT2D eigenvalue weighted by Gasteiger charge is 2.62. The maximum Gasteiger partial charge on any atom is 0.408 e. The fraction of sp³-hybridized carbons (Fsp3) is 0.605. The lowest BCUT2D eigenvalue weighted by Gasteiger charge is -2.33. The second-order valence-electron chi connectivity index (χ2n) is 16.2. The minimum atomic E-state index is -3.91. The highest BCUT2D eigenvalue weighted by molar-refractivity contribution is 7.91. The van der Waals surface area contributed by atoms with Gasteiger partial charge in [0, 0.05) is 23.1 Å². The number of hydrogen-bond donors (Lipinski definition) is 3. The molecule has 4 amide bonds. The van der Waals surface area contributed by atoms with Crippen molar-refractivity contribution in [3.63, 3.8) is 0 Å². The van der Waals surface area contributed by atoms with Crippen molar-refractivity contribution in [1.82, 2.24) is 25.2 Å². The summed E-state index contributed by atoms with van der Waals surface area (Å²) in [6.45, 7) is 9.08. The molecule has 0 spiro atoms. The Labute approximate surface area is 321 Å². The zero-order chi connectivity index (χ0) is 39.2. The predicted molar refractivity (Wildman–Crippen MR) is 201 cm³/mol. The minimum absolute atomic E-state index is 0.00978. The number of amides is 4. The maximum atomic E-state index is 14.7. The third kappa shape index (κ3) is 8.56. The summed E-state index contributed by atoms with van der Waals surface area (Å²) >= 11 is 6.54. The Bertz CT molecular complexity index is 1950. The van der Waals surface area contributed by atoms with Gasteiger partial charge in [-0.25, -0.2) is 18.2 Å². The van der Waals surface area contributed by atoms with Gasteiger partial charge in [-0.15, -0.1) is 0 Å². The van der Waals surface area contributed by atoms with Crippen molar-refractivity contribution in [3.8, 4) is 11.6 Å². The largest absolute Gasteiger partial charge is 0.494 e. The molecule has 1 unspecified atom stereocenters. The van der Waals surface area contributed by atoms with Crippen LogP contribution >= 0.6 is 11.6 Å². The Hall–Kier alpha value is -4.11. The molecule has 2 saturated carbocycles. The highest BCUT2D eigenvalue weighted by atomic mass is 35.5. The van der Waals surface area contributed by atoms with E-state index in [1.54, 1.807) is 39.0 Å². The molecule has 1 aromatic carbocycles.